The van der Waals surface area contributed by atoms with Gasteiger partial charge in [-0.1, -0.05) is 29.3 Å². The number of rotatable bonds is 4. The SMILES string of the molecule is Cc1ccc(SNc2cc(Cl)cc(C(=O)O)c2)cc1. The number of nitrogens with one attached hydrogen (secondary N) is 1. The Morgan fingerprint density at radius 3 is 2.53 bits per heavy atom. The van der Waals surface area contributed by atoms with E-state index >= 15 is 0 Å². The zero-order valence-electron chi connectivity index (χ0n) is 10.2. The molecule has 0 aliphatic rings. The van der Waals surface area contributed by atoms with Crippen molar-refractivity contribution in [3.8, 4) is 0 Å². The number of aryl methyl sites for hydroxylation is 1. The lowest BCUT2D eigenvalue weighted by molar-refractivity contribution is 0.0697. The average Bonchev–Trinajstić information content (AvgIpc) is 2.37. The molecule has 3 nitrogen and oxygen atoms in total. The Morgan fingerprint density at radius 2 is 1.89 bits per heavy atom. The van der Waals surface area contributed by atoms with Gasteiger partial charge in [-0.25, -0.2) is 4.79 Å². The second-order valence-corrected chi connectivity index (χ2v) is 5.37. The number of hydrogen-bond donors (Lipinski definition) is 2. The van der Waals surface area contributed by atoms with Gasteiger partial charge in [0.2, 0.25) is 0 Å². The molecule has 0 heterocycles. The summed E-state index contributed by atoms with van der Waals surface area (Å²) in [6, 6.07) is 12.7. The first kappa shape index (κ1) is 13.8. The number of carboxylic acid groups (broad SMARTS) is 1. The monoisotopic (exact) mass is 293 g/mol. The standard InChI is InChI=1S/C14H12ClNO2S/c1-9-2-4-13(5-3-9)19-16-12-7-10(14(17)18)6-11(15)8-12/h2-8,16H,1H3,(H,17,18). The van der Waals surface area contributed by atoms with E-state index in [1.165, 1.54) is 23.6 Å². The van der Waals surface area contributed by atoms with Crippen molar-refractivity contribution in [2.24, 2.45) is 0 Å². The summed E-state index contributed by atoms with van der Waals surface area (Å²) in [7, 11) is 0. The lowest BCUT2D eigenvalue weighted by Gasteiger charge is -2.07. The van der Waals surface area contributed by atoms with Crippen molar-refractivity contribution in [1.82, 2.24) is 0 Å². The minimum atomic E-state index is -0.995. The van der Waals surface area contributed by atoms with Gasteiger partial charge in [0.25, 0.3) is 0 Å². The predicted molar refractivity (Wildman–Crippen MR) is 79.1 cm³/mol. The number of carboxylic acids is 1. The Hall–Kier alpha value is -1.65. The quantitative estimate of drug-likeness (QED) is 0.817. The normalized spacial score (nSPS) is 10.2. The maximum absolute atomic E-state index is 10.9. The minimum absolute atomic E-state index is 0.166. The van der Waals surface area contributed by atoms with Crippen LogP contribution in [0.5, 0.6) is 0 Å². The summed E-state index contributed by atoms with van der Waals surface area (Å²) in [5.41, 5.74) is 2.02. The van der Waals surface area contributed by atoms with E-state index in [2.05, 4.69) is 4.72 Å². The fraction of sp³-hybridized carbons (Fsp3) is 0.0714. The third-order valence-corrected chi connectivity index (χ3v) is 3.52. The molecule has 2 aromatic carbocycles. The Kier molecular flexibility index (Phi) is 4.35. The van der Waals surface area contributed by atoms with E-state index < -0.39 is 5.97 Å². The summed E-state index contributed by atoms with van der Waals surface area (Å²) in [6.45, 7) is 2.03. The fourth-order valence-corrected chi connectivity index (χ4v) is 2.36. The summed E-state index contributed by atoms with van der Waals surface area (Å²) in [5, 5.41) is 9.35. The van der Waals surface area contributed by atoms with Crippen LogP contribution in [0.15, 0.2) is 47.4 Å². The van der Waals surface area contributed by atoms with E-state index in [0.29, 0.717) is 10.7 Å². The van der Waals surface area contributed by atoms with Gasteiger partial charge in [-0.05, 0) is 49.2 Å². The summed E-state index contributed by atoms with van der Waals surface area (Å²) < 4.78 is 3.09. The van der Waals surface area contributed by atoms with Gasteiger partial charge in [0.15, 0.2) is 0 Å². The molecule has 5 heteroatoms. The van der Waals surface area contributed by atoms with E-state index in [1.807, 2.05) is 31.2 Å². The molecule has 2 aromatic rings. The highest BCUT2D eigenvalue weighted by atomic mass is 35.5. The molecular formula is C14H12ClNO2S. The average molecular weight is 294 g/mol. The van der Waals surface area contributed by atoms with Crippen molar-refractivity contribution in [1.29, 1.82) is 0 Å². The van der Waals surface area contributed by atoms with Crippen LogP contribution in [0.1, 0.15) is 15.9 Å². The molecule has 2 N–H and O–H groups in total. The molecule has 0 bridgehead atoms. The zero-order chi connectivity index (χ0) is 13.8. The van der Waals surface area contributed by atoms with E-state index in [-0.39, 0.29) is 5.56 Å². The van der Waals surface area contributed by atoms with Crippen molar-refractivity contribution in [3.63, 3.8) is 0 Å². The van der Waals surface area contributed by atoms with Crippen LogP contribution >= 0.6 is 23.5 Å². The van der Waals surface area contributed by atoms with Crippen LogP contribution in [0.2, 0.25) is 5.02 Å². The zero-order valence-corrected chi connectivity index (χ0v) is 11.8. The number of carbonyl (C=O) groups is 1. The second kappa shape index (κ2) is 5.99. The topological polar surface area (TPSA) is 49.3 Å². The molecular weight excluding hydrogens is 282 g/mol. The van der Waals surface area contributed by atoms with E-state index in [0.717, 1.165) is 4.90 Å². The maximum Gasteiger partial charge on any atom is 0.335 e. The van der Waals surface area contributed by atoms with Crippen molar-refractivity contribution >= 4 is 35.2 Å². The molecule has 19 heavy (non-hydrogen) atoms. The molecule has 0 amide bonds. The molecule has 0 radical (unpaired) electrons. The molecule has 0 fully saturated rings. The summed E-state index contributed by atoms with van der Waals surface area (Å²) in [6.07, 6.45) is 0. The number of aromatic carboxylic acids is 1. The molecule has 2 rings (SSSR count). The predicted octanol–water partition coefficient (Wildman–Crippen LogP) is 4.47. The first-order valence-corrected chi connectivity index (χ1v) is 6.77. The Bertz CT molecular complexity index is 599. The molecule has 0 atom stereocenters. The summed E-state index contributed by atoms with van der Waals surface area (Å²) in [5.74, 6) is -0.995. The number of halogens is 1. The van der Waals surface area contributed by atoms with Crippen LogP contribution in [0.25, 0.3) is 0 Å². The highest BCUT2D eigenvalue weighted by molar-refractivity contribution is 8.00. The number of anilines is 1. The third-order valence-electron chi connectivity index (χ3n) is 2.45. The van der Waals surface area contributed by atoms with E-state index in [4.69, 9.17) is 16.7 Å². The van der Waals surface area contributed by atoms with Gasteiger partial charge in [0.05, 0.1) is 5.56 Å². The van der Waals surface area contributed by atoms with Gasteiger partial charge in [0.1, 0.15) is 0 Å². The first-order valence-electron chi connectivity index (χ1n) is 5.58. The van der Waals surface area contributed by atoms with Gasteiger partial charge in [-0.3, -0.25) is 0 Å². The molecule has 0 aliphatic carbocycles. The lowest BCUT2D eigenvalue weighted by Crippen LogP contribution is -1.97. The van der Waals surface area contributed by atoms with Gasteiger partial charge in [0, 0.05) is 15.6 Å². The minimum Gasteiger partial charge on any atom is -0.478 e. The molecule has 0 saturated heterocycles. The first-order chi connectivity index (χ1) is 9.04. The Balaban J connectivity index is 2.11. The van der Waals surface area contributed by atoms with Gasteiger partial charge < -0.3 is 9.83 Å². The Morgan fingerprint density at radius 1 is 1.21 bits per heavy atom. The van der Waals surface area contributed by atoms with Crippen molar-refractivity contribution in [2.45, 2.75) is 11.8 Å². The van der Waals surface area contributed by atoms with Crippen LogP contribution in [0.3, 0.4) is 0 Å². The second-order valence-electron chi connectivity index (χ2n) is 4.05. The van der Waals surface area contributed by atoms with Crippen LogP contribution in [0, 0.1) is 6.92 Å². The molecule has 0 unspecified atom stereocenters. The smallest absolute Gasteiger partial charge is 0.335 e. The molecule has 0 aromatic heterocycles. The molecule has 0 saturated carbocycles. The van der Waals surface area contributed by atoms with E-state index in [1.54, 1.807) is 12.1 Å². The number of benzene rings is 2. The largest absolute Gasteiger partial charge is 0.478 e. The van der Waals surface area contributed by atoms with Gasteiger partial charge in [-0.15, -0.1) is 0 Å². The van der Waals surface area contributed by atoms with Crippen LogP contribution in [-0.4, -0.2) is 11.1 Å². The third kappa shape index (κ3) is 3.91. The lowest BCUT2D eigenvalue weighted by atomic mass is 10.2. The van der Waals surface area contributed by atoms with Crippen LogP contribution in [0.4, 0.5) is 5.69 Å². The van der Waals surface area contributed by atoms with Gasteiger partial charge >= 0.3 is 5.97 Å². The fourth-order valence-electron chi connectivity index (χ4n) is 1.50. The number of hydrogen-bond acceptors (Lipinski definition) is 3. The molecule has 0 spiro atoms. The molecule has 98 valence electrons. The van der Waals surface area contributed by atoms with Crippen LogP contribution < -0.4 is 4.72 Å². The Labute approximate surface area is 120 Å². The van der Waals surface area contributed by atoms with Crippen molar-refractivity contribution < 1.29 is 9.90 Å². The summed E-state index contributed by atoms with van der Waals surface area (Å²) in [4.78, 5) is 12.0. The summed E-state index contributed by atoms with van der Waals surface area (Å²) >= 11 is 7.29. The van der Waals surface area contributed by atoms with Crippen molar-refractivity contribution in [3.05, 3.63) is 58.6 Å². The highest BCUT2D eigenvalue weighted by Crippen LogP contribution is 2.25. The van der Waals surface area contributed by atoms with Crippen LogP contribution in [-0.2, 0) is 0 Å². The maximum atomic E-state index is 10.9. The van der Waals surface area contributed by atoms with Gasteiger partial charge in [-0.2, -0.15) is 0 Å². The highest BCUT2D eigenvalue weighted by Gasteiger charge is 2.06. The molecule has 0 aliphatic heterocycles. The van der Waals surface area contributed by atoms with Crippen molar-refractivity contribution in [2.75, 3.05) is 4.72 Å². The van der Waals surface area contributed by atoms with E-state index in [9.17, 15) is 4.79 Å².